The maximum Gasteiger partial charge on any atom is 0.232 e. The Labute approximate surface area is 173 Å². The summed E-state index contributed by atoms with van der Waals surface area (Å²) in [5, 5.41) is 10.5. The van der Waals surface area contributed by atoms with Gasteiger partial charge in [0.1, 0.15) is 5.75 Å². The minimum absolute atomic E-state index is 0.678. The molecule has 6 nitrogen and oxygen atoms in total. The Morgan fingerprint density at radius 2 is 1.89 bits per heavy atom. The van der Waals surface area contributed by atoms with Crippen molar-refractivity contribution in [3.63, 3.8) is 0 Å². The average molecular weight is 417 g/mol. The van der Waals surface area contributed by atoms with Crippen molar-refractivity contribution in [3.05, 3.63) is 59.1 Å². The highest BCUT2D eigenvalue weighted by Crippen LogP contribution is 2.32. The van der Waals surface area contributed by atoms with Gasteiger partial charge in [0.25, 0.3) is 0 Å². The van der Waals surface area contributed by atoms with Gasteiger partial charge in [-0.05, 0) is 30.3 Å². The third-order valence-corrected chi connectivity index (χ3v) is 5.74. The number of para-hydroxylation sites is 1. The summed E-state index contributed by atoms with van der Waals surface area (Å²) in [6, 6.07) is 15.8. The van der Waals surface area contributed by atoms with Crippen molar-refractivity contribution in [3.8, 4) is 11.4 Å². The molecule has 146 valence electrons. The Balaban J connectivity index is 1.65. The fourth-order valence-corrected chi connectivity index (χ4v) is 4.25. The van der Waals surface area contributed by atoms with Crippen LogP contribution in [0.3, 0.4) is 0 Å². The summed E-state index contributed by atoms with van der Waals surface area (Å²) in [5.74, 6) is 2.34. The first kappa shape index (κ1) is 19.1. The topological polar surface area (TPSA) is 52.4 Å². The van der Waals surface area contributed by atoms with Crippen molar-refractivity contribution in [1.82, 2.24) is 14.8 Å². The van der Waals surface area contributed by atoms with E-state index < -0.39 is 0 Å². The number of morpholine rings is 1. The van der Waals surface area contributed by atoms with Gasteiger partial charge in [0.2, 0.25) is 5.95 Å². The van der Waals surface area contributed by atoms with E-state index in [1.165, 1.54) is 0 Å². The van der Waals surface area contributed by atoms with Crippen LogP contribution < -0.4 is 9.64 Å². The highest BCUT2D eigenvalue weighted by molar-refractivity contribution is 7.98. The molecular weight excluding hydrogens is 396 g/mol. The second-order valence-electron chi connectivity index (χ2n) is 6.30. The van der Waals surface area contributed by atoms with Gasteiger partial charge in [-0.2, -0.15) is 0 Å². The van der Waals surface area contributed by atoms with E-state index >= 15 is 0 Å². The molecule has 3 aromatic rings. The molecule has 1 saturated heterocycles. The van der Waals surface area contributed by atoms with E-state index in [9.17, 15) is 0 Å². The first-order chi connectivity index (χ1) is 13.8. The molecule has 28 heavy (non-hydrogen) atoms. The third-order valence-electron chi connectivity index (χ3n) is 4.52. The molecule has 1 aromatic heterocycles. The summed E-state index contributed by atoms with van der Waals surface area (Å²) in [6.45, 7) is 3.00. The number of halogens is 1. The minimum atomic E-state index is 0.678. The quantitative estimate of drug-likeness (QED) is 0.565. The van der Waals surface area contributed by atoms with Crippen molar-refractivity contribution >= 4 is 29.3 Å². The molecule has 0 radical (unpaired) electrons. The summed E-state index contributed by atoms with van der Waals surface area (Å²) in [5.41, 5.74) is 2.06. The first-order valence-electron chi connectivity index (χ1n) is 9.05. The van der Waals surface area contributed by atoms with Crippen LogP contribution in [-0.4, -0.2) is 48.2 Å². The molecule has 0 spiro atoms. The molecule has 4 rings (SSSR count). The normalized spacial score (nSPS) is 14.3. The molecule has 1 fully saturated rings. The zero-order valence-electron chi connectivity index (χ0n) is 15.5. The highest BCUT2D eigenvalue weighted by Gasteiger charge is 2.22. The molecule has 0 amide bonds. The van der Waals surface area contributed by atoms with E-state index in [4.69, 9.17) is 21.1 Å². The van der Waals surface area contributed by atoms with Gasteiger partial charge in [-0.3, -0.25) is 4.57 Å². The van der Waals surface area contributed by atoms with Gasteiger partial charge in [0.05, 0.1) is 26.0 Å². The zero-order valence-corrected chi connectivity index (χ0v) is 17.1. The van der Waals surface area contributed by atoms with Crippen LogP contribution >= 0.6 is 23.4 Å². The second kappa shape index (κ2) is 8.86. The van der Waals surface area contributed by atoms with Crippen molar-refractivity contribution in [2.75, 3.05) is 38.3 Å². The van der Waals surface area contributed by atoms with Crippen molar-refractivity contribution in [2.24, 2.45) is 0 Å². The van der Waals surface area contributed by atoms with Gasteiger partial charge in [-0.25, -0.2) is 0 Å². The summed E-state index contributed by atoms with van der Waals surface area (Å²) in [7, 11) is 1.67. The predicted octanol–water partition coefficient (Wildman–Crippen LogP) is 4.06. The number of hydrogen-bond acceptors (Lipinski definition) is 6. The van der Waals surface area contributed by atoms with E-state index in [1.54, 1.807) is 18.9 Å². The van der Waals surface area contributed by atoms with Gasteiger partial charge >= 0.3 is 0 Å². The molecular formula is C20H21ClN4O2S. The molecule has 0 aliphatic carbocycles. The largest absolute Gasteiger partial charge is 0.496 e. The number of benzene rings is 2. The van der Waals surface area contributed by atoms with Crippen LogP contribution in [0.2, 0.25) is 5.02 Å². The number of hydrogen-bond donors (Lipinski definition) is 0. The molecule has 0 bridgehead atoms. The summed E-state index contributed by atoms with van der Waals surface area (Å²) in [4.78, 5) is 2.22. The van der Waals surface area contributed by atoms with Gasteiger partial charge in [-0.15, -0.1) is 10.2 Å². The van der Waals surface area contributed by atoms with Crippen LogP contribution in [-0.2, 0) is 10.5 Å². The summed E-state index contributed by atoms with van der Waals surface area (Å²) >= 11 is 7.78. The Kier molecular flexibility index (Phi) is 6.04. The predicted molar refractivity (Wildman–Crippen MR) is 112 cm³/mol. The second-order valence-corrected chi connectivity index (χ2v) is 7.68. The highest BCUT2D eigenvalue weighted by atomic mass is 35.5. The smallest absolute Gasteiger partial charge is 0.232 e. The van der Waals surface area contributed by atoms with E-state index in [-0.39, 0.29) is 0 Å². The molecule has 2 heterocycles. The van der Waals surface area contributed by atoms with Crippen LogP contribution in [0.25, 0.3) is 5.69 Å². The lowest BCUT2D eigenvalue weighted by molar-refractivity contribution is 0.122. The number of thioether (sulfide) groups is 1. The van der Waals surface area contributed by atoms with E-state index in [0.717, 1.165) is 41.2 Å². The SMILES string of the molecule is COc1ccc(Cl)cc1CSc1nnc(N2CCOCC2)n1-c1ccccc1. The maximum atomic E-state index is 6.17. The molecule has 2 aromatic carbocycles. The monoisotopic (exact) mass is 416 g/mol. The Morgan fingerprint density at radius 3 is 2.64 bits per heavy atom. The van der Waals surface area contributed by atoms with Gasteiger partial charge < -0.3 is 14.4 Å². The van der Waals surface area contributed by atoms with E-state index in [1.807, 2.05) is 36.4 Å². The fraction of sp³-hybridized carbons (Fsp3) is 0.300. The molecule has 0 unspecified atom stereocenters. The third kappa shape index (κ3) is 4.11. The van der Waals surface area contributed by atoms with Crippen LogP contribution in [0.4, 0.5) is 5.95 Å². The first-order valence-corrected chi connectivity index (χ1v) is 10.4. The summed E-state index contributed by atoms with van der Waals surface area (Å²) < 4.78 is 13.1. The number of nitrogens with zero attached hydrogens (tertiary/aromatic N) is 4. The molecule has 0 atom stereocenters. The standard InChI is InChI=1S/C20H21ClN4O2S/c1-26-18-8-7-16(21)13-15(18)14-28-20-23-22-19(24-9-11-27-12-10-24)25(20)17-5-3-2-4-6-17/h2-8,13H,9-12,14H2,1H3. The molecule has 0 saturated carbocycles. The van der Waals surface area contributed by atoms with Crippen molar-refractivity contribution < 1.29 is 9.47 Å². The zero-order chi connectivity index (χ0) is 19.3. The number of rotatable bonds is 6. The maximum absolute atomic E-state index is 6.17. The molecule has 0 N–H and O–H groups in total. The van der Waals surface area contributed by atoms with Gasteiger partial charge in [0, 0.05) is 29.4 Å². The van der Waals surface area contributed by atoms with Gasteiger partial charge in [-0.1, -0.05) is 41.6 Å². The Morgan fingerprint density at radius 1 is 1.11 bits per heavy atom. The molecule has 8 heteroatoms. The van der Waals surface area contributed by atoms with Crippen LogP contribution in [0.15, 0.2) is 53.7 Å². The van der Waals surface area contributed by atoms with Crippen LogP contribution in [0, 0.1) is 0 Å². The van der Waals surface area contributed by atoms with Crippen molar-refractivity contribution in [2.45, 2.75) is 10.9 Å². The lowest BCUT2D eigenvalue weighted by Crippen LogP contribution is -2.37. The molecule has 1 aliphatic rings. The van der Waals surface area contributed by atoms with E-state index in [2.05, 4.69) is 31.8 Å². The lowest BCUT2D eigenvalue weighted by Gasteiger charge is -2.27. The number of aromatic nitrogens is 3. The minimum Gasteiger partial charge on any atom is -0.496 e. The number of ether oxygens (including phenoxy) is 2. The fourth-order valence-electron chi connectivity index (χ4n) is 3.13. The Bertz CT molecular complexity index is 929. The Hall–Kier alpha value is -2.22. The van der Waals surface area contributed by atoms with Crippen LogP contribution in [0.1, 0.15) is 5.56 Å². The summed E-state index contributed by atoms with van der Waals surface area (Å²) in [6.07, 6.45) is 0. The number of anilines is 1. The van der Waals surface area contributed by atoms with Crippen molar-refractivity contribution in [1.29, 1.82) is 0 Å². The average Bonchev–Trinajstić information content (AvgIpc) is 3.17. The molecule has 1 aliphatic heterocycles. The van der Waals surface area contributed by atoms with E-state index in [0.29, 0.717) is 24.0 Å². The lowest BCUT2D eigenvalue weighted by atomic mass is 10.2. The number of methoxy groups -OCH3 is 1. The van der Waals surface area contributed by atoms with Crippen LogP contribution in [0.5, 0.6) is 5.75 Å². The van der Waals surface area contributed by atoms with Gasteiger partial charge in [0.15, 0.2) is 5.16 Å².